The van der Waals surface area contributed by atoms with Gasteiger partial charge in [-0.1, -0.05) is 481 Å². The van der Waals surface area contributed by atoms with Gasteiger partial charge in [-0.3, -0.25) is 0 Å². The van der Waals surface area contributed by atoms with Gasteiger partial charge in [0.25, 0.3) is 0 Å². The summed E-state index contributed by atoms with van der Waals surface area (Å²) in [6, 6.07) is 59.3. The third kappa shape index (κ3) is 34.4. The van der Waals surface area contributed by atoms with Gasteiger partial charge in [0.2, 0.25) is 0 Å². The maximum absolute atomic E-state index is 2.51. The highest BCUT2D eigenvalue weighted by atomic mass is 14.5. The maximum atomic E-state index is 2.51. The predicted molar refractivity (Wildman–Crippen MR) is 592 cm³/mol. The molecule has 136 heavy (non-hydrogen) atoms. The molecule has 16 bridgehead atoms. The highest BCUT2D eigenvalue weighted by Crippen LogP contribution is 2.53. The van der Waals surface area contributed by atoms with Crippen LogP contribution in [0.25, 0.3) is 10.8 Å². The Morgan fingerprint density at radius 3 is 0.743 bits per heavy atom. The van der Waals surface area contributed by atoms with E-state index >= 15 is 0 Å². The Hall–Kier alpha value is -6.50. The minimum Gasteiger partial charge on any atom is -0.0851 e. The van der Waals surface area contributed by atoms with Crippen LogP contribution in [-0.2, 0) is 25.7 Å². The average Bonchev–Trinajstić information content (AvgIpc) is 1.64. The number of benzene rings is 6. The van der Waals surface area contributed by atoms with Gasteiger partial charge < -0.3 is 0 Å². The molecule has 0 radical (unpaired) electrons. The Bertz CT molecular complexity index is 4460. The third-order valence-electron chi connectivity index (χ3n) is 37.2. The van der Waals surface area contributed by atoms with Crippen LogP contribution in [-0.4, -0.2) is 0 Å². The van der Waals surface area contributed by atoms with Gasteiger partial charge in [0.15, 0.2) is 0 Å². The molecule has 0 amide bonds. The van der Waals surface area contributed by atoms with Gasteiger partial charge in [-0.05, 0) is 360 Å². The second-order valence-electron chi connectivity index (χ2n) is 47.5. The van der Waals surface area contributed by atoms with Crippen molar-refractivity contribution in [1.29, 1.82) is 0 Å². The van der Waals surface area contributed by atoms with E-state index in [0.29, 0.717) is 0 Å². The van der Waals surface area contributed by atoms with E-state index in [1.165, 1.54) is 412 Å². The molecule has 8 fully saturated rings. The van der Waals surface area contributed by atoms with E-state index in [9.17, 15) is 0 Å². The summed E-state index contributed by atoms with van der Waals surface area (Å²) in [6.45, 7) is 6.89. The fourth-order valence-electron chi connectivity index (χ4n) is 29.3. The molecule has 8 saturated carbocycles. The molecule has 0 heteroatoms. The molecule has 0 heterocycles. The summed E-state index contributed by atoms with van der Waals surface area (Å²) in [4.78, 5) is 0. The van der Waals surface area contributed by atoms with Gasteiger partial charge in [-0.2, -0.15) is 0 Å². The van der Waals surface area contributed by atoms with Crippen molar-refractivity contribution in [2.75, 3.05) is 0 Å². The van der Waals surface area contributed by atoms with Crippen molar-refractivity contribution in [2.45, 2.75) is 406 Å². The van der Waals surface area contributed by atoms with Crippen molar-refractivity contribution in [1.82, 2.24) is 0 Å². The molecule has 0 aliphatic heterocycles. The molecule has 738 valence electrons. The second-order valence-corrected chi connectivity index (χ2v) is 47.5. The lowest BCUT2D eigenvalue weighted by Crippen LogP contribution is -2.10. The fourth-order valence-corrected chi connectivity index (χ4v) is 29.3. The SMILES string of the molecule is C1=CC2CC1CC2CCCCc1ccccc1.C1=CC2CC1CC2CCCc1ccccc1.C1=CC2CC1CC2CCc1ccccc1.C1=CC2CC1CC2Cc1ccc2ccccc2c1.C1=CC2CC1CC2c1ccccc1.CCCCCCCCCCC1CC2C=CC1C2.CCCCCCCCCCCCC1CC2C=CC1C2.CCCCCCCCCCCCCCC1CC2C=CC1C2. The van der Waals surface area contributed by atoms with E-state index in [4.69, 9.17) is 0 Å². The van der Waals surface area contributed by atoms with Crippen LogP contribution in [0.3, 0.4) is 0 Å². The number of aryl methyl sites for hydroxylation is 3. The number of allylic oxidation sites excluding steroid dienone is 16. The molecular formula is C136H194. The van der Waals surface area contributed by atoms with Crippen molar-refractivity contribution < 1.29 is 0 Å². The number of unbranched alkanes of at least 4 members (excludes halogenated alkanes) is 28. The van der Waals surface area contributed by atoms with Crippen molar-refractivity contribution in [3.8, 4) is 0 Å². The Morgan fingerprint density at radius 2 is 0.434 bits per heavy atom. The molecule has 24 atom stereocenters. The van der Waals surface area contributed by atoms with E-state index in [1.54, 1.807) is 5.56 Å². The molecule has 6 aromatic carbocycles. The van der Waals surface area contributed by atoms with Crippen LogP contribution in [0.5, 0.6) is 0 Å². The normalized spacial score (nSPS) is 30.1. The summed E-state index contributed by atoms with van der Waals surface area (Å²) >= 11 is 0. The van der Waals surface area contributed by atoms with E-state index < -0.39 is 0 Å². The van der Waals surface area contributed by atoms with Crippen LogP contribution in [0.2, 0.25) is 0 Å². The van der Waals surface area contributed by atoms with Crippen molar-refractivity contribution in [2.24, 2.45) is 136 Å². The maximum Gasteiger partial charge on any atom is -0.00932 e. The number of rotatable bonds is 48. The molecule has 22 rings (SSSR count). The van der Waals surface area contributed by atoms with Gasteiger partial charge in [0.1, 0.15) is 0 Å². The second kappa shape index (κ2) is 58.8. The number of fused-ring (bicyclic) bond motifs is 17. The minimum absolute atomic E-state index is 0.816. The Labute approximate surface area is 835 Å². The first-order chi connectivity index (χ1) is 67.3. The monoisotopic (exact) mass is 1830 g/mol. The van der Waals surface area contributed by atoms with Crippen LogP contribution in [0.4, 0.5) is 0 Å². The lowest BCUT2D eigenvalue weighted by molar-refractivity contribution is 0.393. The lowest BCUT2D eigenvalue weighted by Gasteiger charge is -2.18. The Morgan fingerprint density at radius 1 is 0.176 bits per heavy atom. The lowest BCUT2D eigenvalue weighted by atomic mass is 9.87. The highest BCUT2D eigenvalue weighted by molar-refractivity contribution is 5.83. The van der Waals surface area contributed by atoms with Crippen molar-refractivity contribution in [3.63, 3.8) is 0 Å². The summed E-state index contributed by atoms with van der Waals surface area (Å²) < 4.78 is 0. The first-order valence-corrected chi connectivity index (χ1v) is 59.4. The minimum atomic E-state index is 0.816. The van der Waals surface area contributed by atoms with Crippen LogP contribution >= 0.6 is 0 Å². The molecule has 0 nitrogen and oxygen atoms in total. The first-order valence-electron chi connectivity index (χ1n) is 59.4. The third-order valence-corrected chi connectivity index (χ3v) is 37.2. The summed E-state index contributed by atoms with van der Waals surface area (Å²) in [7, 11) is 0. The summed E-state index contributed by atoms with van der Waals surface area (Å²) in [5, 5.41) is 2.74. The molecular weight excluding hydrogens is 1630 g/mol. The van der Waals surface area contributed by atoms with E-state index in [0.717, 1.165) is 142 Å². The summed E-state index contributed by atoms with van der Waals surface area (Å²) in [5.41, 5.74) is 7.56. The number of hydrogen-bond donors (Lipinski definition) is 0. The van der Waals surface area contributed by atoms with Gasteiger partial charge in [0, 0.05) is 0 Å². The summed E-state index contributed by atoms with van der Waals surface area (Å²) in [6.07, 6.45) is 125. The molecule has 0 spiro atoms. The zero-order chi connectivity index (χ0) is 93.0. The largest absolute Gasteiger partial charge is 0.0851 e. The Kier molecular flexibility index (Phi) is 44.9. The molecule has 24 unspecified atom stereocenters. The molecule has 0 aromatic heterocycles. The quantitative estimate of drug-likeness (QED) is 0.0264. The van der Waals surface area contributed by atoms with Crippen LogP contribution in [0.1, 0.15) is 408 Å². The number of hydrogen-bond acceptors (Lipinski definition) is 0. The van der Waals surface area contributed by atoms with E-state index in [1.807, 2.05) is 0 Å². The predicted octanol–water partition coefficient (Wildman–Crippen LogP) is 40.2. The molecule has 16 aliphatic carbocycles. The average molecular weight is 1830 g/mol. The van der Waals surface area contributed by atoms with Gasteiger partial charge >= 0.3 is 0 Å². The van der Waals surface area contributed by atoms with Crippen LogP contribution in [0.15, 0.2) is 261 Å². The molecule has 6 aromatic rings. The molecule has 0 saturated heterocycles. The molecule has 16 aliphatic rings. The molecule has 0 N–H and O–H groups in total. The summed E-state index contributed by atoms with van der Waals surface area (Å²) in [5.74, 6) is 22.8. The van der Waals surface area contributed by atoms with Gasteiger partial charge in [-0.15, -0.1) is 0 Å². The van der Waals surface area contributed by atoms with Gasteiger partial charge in [-0.25, -0.2) is 0 Å². The fraction of sp³-hybridized carbons (Fsp3) is 0.632. The smallest absolute Gasteiger partial charge is 0.00932 e. The zero-order valence-corrected chi connectivity index (χ0v) is 86.9. The van der Waals surface area contributed by atoms with Crippen molar-refractivity contribution >= 4 is 10.8 Å². The topological polar surface area (TPSA) is 0 Å². The zero-order valence-electron chi connectivity index (χ0n) is 86.9. The first kappa shape index (κ1) is 104. The highest BCUT2D eigenvalue weighted by Gasteiger charge is 2.42. The van der Waals surface area contributed by atoms with Crippen LogP contribution in [0, 0.1) is 136 Å². The van der Waals surface area contributed by atoms with Crippen molar-refractivity contribution in [3.05, 3.63) is 289 Å². The van der Waals surface area contributed by atoms with Crippen LogP contribution < -0.4 is 0 Å². The standard InChI is InChI=1S/C21H38.C19H34.C18H18.C17H22.C17H30.C16H20.C15H18.C13H14/c1-2-3-4-5-6-7-8-9-10-11-12-13-14-20-17-19-15-16-21(20)18-19;1-2-3-4-5-6-7-8-9-10-11-12-18-15-17-13-14-19(18)16-17;1-2-4-16-9-13(5-7-15(16)3-1)11-18-12-14-6-8-17(18)10-14;1-2-6-14(7-3-1)8-4-5-9-16-12-15-10-11-17(16)13-15;1-2-3-4-5-6-7-8-9-10-16-13-15-11-12-17(16)14-15;1-2-5-13(6-3-1)7-4-8-15-11-14-9-10-16(15)12-14;1-2-4-12(5-3-1)6-8-14-10-13-7-9-15(14)11-13;1-2-4-11(5-3-1)13-9-10-6-7-12(13)8-10/h15-16,19-21H,2-14,17-18H2,1H3;13-14,17-19H,2-12,15-16H2,1H3;1-9,14,17-18H,10-12H2;1-3,6-7,10-11,15-17H,4-5,8-9,12-13H2;11-12,15-17H,2-10,13-14H2,1H3;1-3,5-6,9-10,14-16H,4,7-8,11-12H2;1-5,7,9,13-15H,6,8,10-11H2;1-7,10,12-13H,8-9H2. The van der Waals surface area contributed by atoms with E-state index in [2.05, 4.69) is 282 Å². The Balaban J connectivity index is 0.000000118. The van der Waals surface area contributed by atoms with E-state index in [-0.39, 0.29) is 0 Å². The van der Waals surface area contributed by atoms with Gasteiger partial charge in [0.05, 0.1) is 0 Å².